The van der Waals surface area contributed by atoms with Gasteiger partial charge in [-0.25, -0.2) is 0 Å². The molecule has 0 fully saturated rings. The molecule has 1 aromatic heterocycles. The monoisotopic (exact) mass is 572 g/mol. The molecule has 2 heterocycles. The SMILES string of the molecule is O=C(O)C(CCO)N1CCN(C(CCO)C(=O)O)C(CO)C(CO)N(C(CCO)C(=O)O)Cc2cccc(n2)C1. The van der Waals surface area contributed by atoms with Crippen LogP contribution in [0.25, 0.3) is 0 Å². The smallest absolute Gasteiger partial charge is 0.321 e. The summed E-state index contributed by atoms with van der Waals surface area (Å²) in [7, 11) is 0. The summed E-state index contributed by atoms with van der Waals surface area (Å²) in [5.74, 6) is -3.85. The van der Waals surface area contributed by atoms with Gasteiger partial charge in [0.15, 0.2) is 0 Å². The van der Waals surface area contributed by atoms with Crippen molar-refractivity contribution in [2.75, 3.05) is 46.1 Å². The number of carboxylic acid groups (broad SMARTS) is 3. The maximum Gasteiger partial charge on any atom is 0.321 e. The van der Waals surface area contributed by atoms with Gasteiger partial charge in [-0.3, -0.25) is 34.1 Å². The van der Waals surface area contributed by atoms with Crippen LogP contribution in [0.5, 0.6) is 0 Å². The van der Waals surface area contributed by atoms with E-state index in [0.29, 0.717) is 11.4 Å². The van der Waals surface area contributed by atoms with Gasteiger partial charge in [-0.1, -0.05) is 6.07 Å². The zero-order chi connectivity index (χ0) is 29.8. The number of carbonyl (C=O) groups is 3. The van der Waals surface area contributed by atoms with Crippen LogP contribution in [-0.2, 0) is 27.5 Å². The summed E-state index contributed by atoms with van der Waals surface area (Å²) in [6.45, 7) is -3.23. The molecule has 15 nitrogen and oxygen atoms in total. The van der Waals surface area contributed by atoms with Crippen LogP contribution in [0.2, 0.25) is 0 Å². The third-order valence-electron chi connectivity index (χ3n) is 7.19. The Balaban J connectivity index is 2.76. The molecule has 2 bridgehead atoms. The zero-order valence-electron chi connectivity index (χ0n) is 22.2. The van der Waals surface area contributed by atoms with Crippen molar-refractivity contribution in [3.05, 3.63) is 29.6 Å². The molecule has 8 N–H and O–H groups in total. The molecule has 1 aliphatic heterocycles. The number of nitrogens with zero attached hydrogens (tertiary/aromatic N) is 4. The minimum atomic E-state index is -1.37. The fourth-order valence-electron chi connectivity index (χ4n) is 5.29. The molecule has 15 heteroatoms. The van der Waals surface area contributed by atoms with Crippen molar-refractivity contribution >= 4 is 17.9 Å². The molecule has 5 unspecified atom stereocenters. The van der Waals surface area contributed by atoms with E-state index in [9.17, 15) is 55.2 Å². The van der Waals surface area contributed by atoms with E-state index in [0.717, 1.165) is 0 Å². The standard InChI is InChI=1S/C25H40N4O11/c30-9-4-18(23(35)36)27-7-8-28(19(5-10-31)24(37)38)21(14-33)22(15-34)29(20(6-11-32)25(39)40)13-17-3-1-2-16(12-27)26-17/h1-3,18-22,30-34H,4-15H2,(H,35,36)(H,37,38)(H,39,40). The highest BCUT2D eigenvalue weighted by Crippen LogP contribution is 2.24. The summed E-state index contributed by atoms with van der Waals surface area (Å²) in [5.41, 5.74) is 0.801. The molecule has 0 spiro atoms. The van der Waals surface area contributed by atoms with E-state index in [4.69, 9.17) is 0 Å². The fourth-order valence-corrected chi connectivity index (χ4v) is 5.29. The summed E-state index contributed by atoms with van der Waals surface area (Å²) >= 11 is 0. The number of carboxylic acids is 3. The largest absolute Gasteiger partial charge is 0.480 e. The molecular weight excluding hydrogens is 532 g/mol. The van der Waals surface area contributed by atoms with Gasteiger partial charge in [0.1, 0.15) is 18.1 Å². The maximum absolute atomic E-state index is 12.3. The molecule has 5 atom stereocenters. The molecule has 0 aromatic carbocycles. The van der Waals surface area contributed by atoms with Crippen LogP contribution in [-0.4, -0.2) is 155 Å². The number of hydrogen-bond acceptors (Lipinski definition) is 12. The first-order valence-electron chi connectivity index (χ1n) is 13.1. The van der Waals surface area contributed by atoms with Crippen molar-refractivity contribution in [1.82, 2.24) is 19.7 Å². The first kappa shape index (κ1) is 33.4. The molecule has 40 heavy (non-hydrogen) atoms. The van der Waals surface area contributed by atoms with Crippen LogP contribution in [0.1, 0.15) is 30.7 Å². The van der Waals surface area contributed by atoms with Gasteiger partial charge >= 0.3 is 17.9 Å². The molecule has 1 aliphatic rings. The molecule has 2 rings (SSSR count). The summed E-state index contributed by atoms with van der Waals surface area (Å²) < 4.78 is 0. The minimum Gasteiger partial charge on any atom is -0.480 e. The number of aliphatic hydroxyl groups excluding tert-OH is 5. The second-order valence-corrected chi connectivity index (χ2v) is 9.60. The second kappa shape index (κ2) is 16.5. The van der Waals surface area contributed by atoms with Crippen molar-refractivity contribution in [2.45, 2.75) is 62.6 Å². The van der Waals surface area contributed by atoms with Gasteiger partial charge in [-0.15, -0.1) is 0 Å². The summed E-state index contributed by atoms with van der Waals surface area (Å²) in [6.07, 6.45) is -0.605. The number of rotatable bonds is 14. The summed E-state index contributed by atoms with van der Waals surface area (Å²) in [5, 5.41) is 79.7. The van der Waals surface area contributed by atoms with Gasteiger partial charge in [0.2, 0.25) is 0 Å². The zero-order valence-corrected chi connectivity index (χ0v) is 22.2. The normalized spacial score (nSPS) is 22.0. The molecule has 0 amide bonds. The highest BCUT2D eigenvalue weighted by atomic mass is 16.4. The van der Waals surface area contributed by atoms with E-state index in [1.807, 2.05) is 0 Å². The molecule has 0 radical (unpaired) electrons. The van der Waals surface area contributed by atoms with Gasteiger partial charge in [0.25, 0.3) is 0 Å². The number of aliphatic hydroxyl groups is 5. The maximum atomic E-state index is 12.3. The van der Waals surface area contributed by atoms with E-state index >= 15 is 0 Å². The van der Waals surface area contributed by atoms with Crippen LogP contribution in [0, 0.1) is 0 Å². The lowest BCUT2D eigenvalue weighted by Crippen LogP contribution is -2.63. The summed E-state index contributed by atoms with van der Waals surface area (Å²) in [6, 6.07) is -1.27. The van der Waals surface area contributed by atoms with E-state index in [2.05, 4.69) is 4.98 Å². The third-order valence-corrected chi connectivity index (χ3v) is 7.19. The predicted octanol–water partition coefficient (Wildman–Crippen LogP) is -2.77. The molecule has 0 saturated carbocycles. The number of pyridine rings is 1. The Morgan fingerprint density at radius 2 is 1.15 bits per heavy atom. The Bertz CT molecular complexity index is 968. The predicted molar refractivity (Wildman–Crippen MR) is 138 cm³/mol. The first-order valence-corrected chi connectivity index (χ1v) is 13.1. The van der Waals surface area contributed by atoms with Crippen LogP contribution < -0.4 is 0 Å². The Kier molecular flexibility index (Phi) is 13.8. The summed E-state index contributed by atoms with van der Waals surface area (Å²) in [4.78, 5) is 45.5. The van der Waals surface area contributed by atoms with E-state index in [-0.39, 0.29) is 45.4 Å². The van der Waals surface area contributed by atoms with Crippen LogP contribution in [0.3, 0.4) is 0 Å². The van der Waals surface area contributed by atoms with Crippen molar-refractivity contribution < 1.29 is 55.2 Å². The topological polar surface area (TPSA) is 236 Å². The van der Waals surface area contributed by atoms with Crippen LogP contribution >= 0.6 is 0 Å². The Morgan fingerprint density at radius 3 is 1.62 bits per heavy atom. The molecule has 0 saturated heterocycles. The average molecular weight is 573 g/mol. The van der Waals surface area contributed by atoms with Crippen LogP contribution in [0.15, 0.2) is 18.2 Å². The second-order valence-electron chi connectivity index (χ2n) is 9.60. The lowest BCUT2D eigenvalue weighted by molar-refractivity contribution is -0.152. The fraction of sp³-hybridized carbons (Fsp3) is 0.680. The Hall–Kier alpha value is -2.76. The van der Waals surface area contributed by atoms with E-state index < -0.39 is 81.2 Å². The van der Waals surface area contributed by atoms with Gasteiger partial charge in [-0.05, 0) is 31.4 Å². The van der Waals surface area contributed by atoms with Crippen molar-refractivity contribution in [1.29, 1.82) is 0 Å². The third kappa shape index (κ3) is 8.62. The highest BCUT2D eigenvalue weighted by molar-refractivity contribution is 5.74. The van der Waals surface area contributed by atoms with Crippen molar-refractivity contribution in [3.8, 4) is 0 Å². The quantitative estimate of drug-likeness (QED) is 0.113. The lowest BCUT2D eigenvalue weighted by Gasteiger charge is -2.45. The Labute approximate surface area is 231 Å². The van der Waals surface area contributed by atoms with Crippen LogP contribution in [0.4, 0.5) is 0 Å². The molecule has 0 aliphatic carbocycles. The van der Waals surface area contributed by atoms with Crippen molar-refractivity contribution in [2.24, 2.45) is 0 Å². The highest BCUT2D eigenvalue weighted by Gasteiger charge is 2.42. The Morgan fingerprint density at radius 1 is 0.700 bits per heavy atom. The van der Waals surface area contributed by atoms with Gasteiger partial charge < -0.3 is 40.9 Å². The van der Waals surface area contributed by atoms with E-state index in [1.54, 1.807) is 18.2 Å². The number of aromatic nitrogens is 1. The first-order chi connectivity index (χ1) is 19.1. The number of fused-ring (bicyclic) bond motifs is 2. The number of aliphatic carboxylic acids is 3. The average Bonchev–Trinajstić information content (AvgIpc) is 2.91. The molecular formula is C25H40N4O11. The van der Waals surface area contributed by atoms with Gasteiger partial charge in [0, 0.05) is 46.0 Å². The van der Waals surface area contributed by atoms with Gasteiger partial charge in [0.05, 0.1) is 36.7 Å². The van der Waals surface area contributed by atoms with Crippen molar-refractivity contribution in [3.63, 3.8) is 0 Å². The van der Waals surface area contributed by atoms with E-state index in [1.165, 1.54) is 14.7 Å². The minimum absolute atomic E-state index is 0.00258. The lowest BCUT2D eigenvalue weighted by atomic mass is 9.98. The molecule has 226 valence electrons. The number of hydrogen-bond donors (Lipinski definition) is 8. The molecule has 1 aromatic rings. The van der Waals surface area contributed by atoms with Gasteiger partial charge in [-0.2, -0.15) is 0 Å².